The van der Waals surface area contributed by atoms with Crippen molar-refractivity contribution in [2.75, 3.05) is 5.32 Å². The smallest absolute Gasteiger partial charge is 0.0387 e. The van der Waals surface area contributed by atoms with Crippen molar-refractivity contribution >= 4 is 32.9 Å². The van der Waals surface area contributed by atoms with Crippen LogP contribution in [-0.2, 0) is 10.8 Å². The molecule has 0 aromatic heterocycles. The van der Waals surface area contributed by atoms with Gasteiger partial charge in [-0.1, -0.05) is 99.5 Å². The molecule has 1 fully saturated rings. The summed E-state index contributed by atoms with van der Waals surface area (Å²) in [5.74, 6) is 0. The molecule has 6 aromatic rings. The third-order valence-corrected chi connectivity index (χ3v) is 10.5. The van der Waals surface area contributed by atoms with E-state index >= 15 is 0 Å². The summed E-state index contributed by atoms with van der Waals surface area (Å²) in [6.07, 6.45) is 5.10. The molecule has 0 saturated heterocycles. The van der Waals surface area contributed by atoms with Gasteiger partial charge in [0.2, 0.25) is 0 Å². The molecule has 0 atom stereocenters. The van der Waals surface area contributed by atoms with Crippen molar-refractivity contribution < 1.29 is 0 Å². The van der Waals surface area contributed by atoms with Crippen molar-refractivity contribution in [3.05, 3.63) is 131 Å². The van der Waals surface area contributed by atoms with E-state index in [4.69, 9.17) is 0 Å². The summed E-state index contributed by atoms with van der Waals surface area (Å²) < 4.78 is 0. The second-order valence-electron chi connectivity index (χ2n) is 13.0. The van der Waals surface area contributed by atoms with E-state index in [1.54, 1.807) is 5.56 Å². The number of anilines is 2. The SMILES string of the molecule is CC1(C)c2cc(Nc3ccc4c(c3)C3(CCCC3)c3ccc5ccccc5c3-4)ccc2-c2cc3ccccc3cc21. The van der Waals surface area contributed by atoms with Gasteiger partial charge in [-0.25, -0.2) is 0 Å². The lowest BCUT2D eigenvalue weighted by Gasteiger charge is -2.27. The fourth-order valence-corrected chi connectivity index (χ4v) is 8.52. The van der Waals surface area contributed by atoms with E-state index in [0.717, 1.165) is 5.69 Å². The topological polar surface area (TPSA) is 12.0 Å². The lowest BCUT2D eigenvalue weighted by molar-refractivity contribution is 0.550. The molecule has 0 bridgehead atoms. The highest BCUT2D eigenvalue weighted by atomic mass is 14.9. The molecule has 3 aliphatic carbocycles. The van der Waals surface area contributed by atoms with E-state index in [9.17, 15) is 0 Å². The van der Waals surface area contributed by atoms with E-state index in [2.05, 4.69) is 128 Å². The van der Waals surface area contributed by atoms with Crippen LogP contribution >= 0.6 is 0 Å². The Morgan fingerprint density at radius 1 is 0.512 bits per heavy atom. The minimum Gasteiger partial charge on any atom is -0.356 e. The Balaban J connectivity index is 1.13. The molecule has 0 aliphatic heterocycles. The molecule has 0 unspecified atom stereocenters. The second-order valence-corrected chi connectivity index (χ2v) is 13.0. The lowest BCUT2D eigenvalue weighted by Crippen LogP contribution is -2.20. The van der Waals surface area contributed by atoms with E-state index in [-0.39, 0.29) is 10.8 Å². The molecular formula is C40H33N. The average Bonchev–Trinajstić information content (AvgIpc) is 3.66. The van der Waals surface area contributed by atoms with Gasteiger partial charge in [0.25, 0.3) is 0 Å². The third-order valence-electron chi connectivity index (χ3n) is 10.5. The number of benzene rings is 6. The quantitative estimate of drug-likeness (QED) is 0.236. The molecule has 0 radical (unpaired) electrons. The van der Waals surface area contributed by atoms with Crippen LogP contribution in [-0.4, -0.2) is 0 Å². The Morgan fingerprint density at radius 2 is 1.15 bits per heavy atom. The molecule has 1 spiro atoms. The van der Waals surface area contributed by atoms with Gasteiger partial charge in [0, 0.05) is 22.2 Å². The summed E-state index contributed by atoms with van der Waals surface area (Å²) in [6.45, 7) is 4.74. The first-order valence-electron chi connectivity index (χ1n) is 15.2. The highest BCUT2D eigenvalue weighted by Gasteiger charge is 2.45. The molecule has 41 heavy (non-hydrogen) atoms. The van der Waals surface area contributed by atoms with Crippen LogP contribution in [0, 0.1) is 0 Å². The van der Waals surface area contributed by atoms with Gasteiger partial charge in [-0.05, 0) is 115 Å². The van der Waals surface area contributed by atoms with Gasteiger partial charge in [-0.2, -0.15) is 0 Å². The summed E-state index contributed by atoms with van der Waals surface area (Å²) in [5.41, 5.74) is 14.0. The number of rotatable bonds is 2. The van der Waals surface area contributed by atoms with E-state index in [1.165, 1.54) is 91.9 Å². The van der Waals surface area contributed by atoms with Gasteiger partial charge in [0.05, 0.1) is 0 Å². The maximum atomic E-state index is 3.83. The van der Waals surface area contributed by atoms with Crippen molar-refractivity contribution in [2.24, 2.45) is 0 Å². The Morgan fingerprint density at radius 3 is 1.93 bits per heavy atom. The zero-order chi connectivity index (χ0) is 27.3. The van der Waals surface area contributed by atoms with Gasteiger partial charge in [0.15, 0.2) is 0 Å². The first-order valence-corrected chi connectivity index (χ1v) is 15.2. The fourth-order valence-electron chi connectivity index (χ4n) is 8.52. The maximum Gasteiger partial charge on any atom is 0.0387 e. The van der Waals surface area contributed by atoms with Crippen molar-refractivity contribution in [1.82, 2.24) is 0 Å². The van der Waals surface area contributed by atoms with Crippen molar-refractivity contribution in [1.29, 1.82) is 0 Å². The van der Waals surface area contributed by atoms with Gasteiger partial charge >= 0.3 is 0 Å². The molecule has 1 saturated carbocycles. The molecule has 198 valence electrons. The van der Waals surface area contributed by atoms with Crippen LogP contribution in [0.3, 0.4) is 0 Å². The van der Waals surface area contributed by atoms with Gasteiger partial charge in [-0.15, -0.1) is 0 Å². The number of nitrogens with one attached hydrogen (secondary N) is 1. The summed E-state index contributed by atoms with van der Waals surface area (Å²) in [5, 5.41) is 9.19. The zero-order valence-electron chi connectivity index (χ0n) is 23.7. The fraction of sp³-hybridized carbons (Fsp3) is 0.200. The van der Waals surface area contributed by atoms with Crippen LogP contribution in [0.2, 0.25) is 0 Å². The average molecular weight is 528 g/mol. The van der Waals surface area contributed by atoms with Crippen LogP contribution in [0.1, 0.15) is 61.8 Å². The first kappa shape index (κ1) is 23.4. The molecule has 1 nitrogen and oxygen atoms in total. The van der Waals surface area contributed by atoms with E-state index < -0.39 is 0 Å². The van der Waals surface area contributed by atoms with E-state index in [1.807, 2.05) is 0 Å². The summed E-state index contributed by atoms with van der Waals surface area (Å²) in [4.78, 5) is 0. The zero-order valence-corrected chi connectivity index (χ0v) is 23.7. The Kier molecular flexibility index (Phi) is 4.62. The van der Waals surface area contributed by atoms with Crippen LogP contribution < -0.4 is 5.32 Å². The van der Waals surface area contributed by atoms with Crippen LogP contribution in [0.25, 0.3) is 43.8 Å². The van der Waals surface area contributed by atoms with Crippen molar-refractivity contribution in [3.63, 3.8) is 0 Å². The molecule has 0 heterocycles. The number of hydrogen-bond donors (Lipinski definition) is 1. The van der Waals surface area contributed by atoms with Crippen molar-refractivity contribution in [2.45, 2.75) is 50.4 Å². The Bertz CT molecular complexity index is 2050. The minimum absolute atomic E-state index is 0.0407. The van der Waals surface area contributed by atoms with Gasteiger partial charge in [-0.3, -0.25) is 0 Å². The Labute approximate surface area is 241 Å². The monoisotopic (exact) mass is 527 g/mol. The molecule has 1 heteroatoms. The summed E-state index contributed by atoms with van der Waals surface area (Å²) in [6, 6.07) is 41.3. The highest BCUT2D eigenvalue weighted by Crippen LogP contribution is 2.59. The second kappa shape index (κ2) is 8.10. The highest BCUT2D eigenvalue weighted by molar-refractivity contribution is 6.03. The molecule has 3 aliphatic rings. The first-order chi connectivity index (χ1) is 20.0. The predicted molar refractivity (Wildman–Crippen MR) is 173 cm³/mol. The molecular weight excluding hydrogens is 494 g/mol. The molecule has 1 N–H and O–H groups in total. The molecule has 6 aromatic carbocycles. The maximum absolute atomic E-state index is 3.83. The summed E-state index contributed by atoms with van der Waals surface area (Å²) >= 11 is 0. The largest absolute Gasteiger partial charge is 0.356 e. The van der Waals surface area contributed by atoms with Gasteiger partial charge in [0.1, 0.15) is 0 Å². The summed E-state index contributed by atoms with van der Waals surface area (Å²) in [7, 11) is 0. The van der Waals surface area contributed by atoms with Crippen molar-refractivity contribution in [3.8, 4) is 22.3 Å². The van der Waals surface area contributed by atoms with E-state index in [0.29, 0.717) is 0 Å². The standard InChI is InChI=1S/C40H33N/c1-39(2)35-22-27-11-4-3-10-26(27)21-33(35)31-16-14-28(23-36(31)39)41-29-15-17-32-37(24-29)40(19-7-8-20-40)34-18-13-25-9-5-6-12-30(25)38(32)34/h3-6,9-18,21-24,41H,7-8,19-20H2,1-2H3. The minimum atomic E-state index is -0.0407. The van der Waals surface area contributed by atoms with Crippen LogP contribution in [0.5, 0.6) is 0 Å². The predicted octanol–water partition coefficient (Wildman–Crippen LogP) is 10.9. The van der Waals surface area contributed by atoms with Crippen LogP contribution in [0.4, 0.5) is 11.4 Å². The number of fused-ring (bicyclic) bond motifs is 11. The third kappa shape index (κ3) is 3.12. The van der Waals surface area contributed by atoms with Gasteiger partial charge < -0.3 is 5.32 Å². The number of hydrogen-bond acceptors (Lipinski definition) is 1. The Hall–Kier alpha value is -4.36. The normalized spacial score (nSPS) is 17.0. The molecule has 9 rings (SSSR count). The lowest BCUT2D eigenvalue weighted by atomic mass is 9.76. The molecule has 0 amide bonds. The van der Waals surface area contributed by atoms with Crippen LogP contribution in [0.15, 0.2) is 109 Å².